The summed E-state index contributed by atoms with van der Waals surface area (Å²) >= 11 is 0. The van der Waals surface area contributed by atoms with Crippen molar-refractivity contribution in [3.05, 3.63) is 39.7 Å². The molecule has 158 valence electrons. The molecular formula is C16H12F5NO6S. The quantitative estimate of drug-likeness (QED) is 0.307. The van der Waals surface area contributed by atoms with Crippen LogP contribution in [0.5, 0.6) is 5.75 Å². The average molecular weight is 441 g/mol. The Labute approximate surface area is 159 Å². The summed E-state index contributed by atoms with van der Waals surface area (Å²) in [6.07, 6.45) is 1.78. The van der Waals surface area contributed by atoms with Gasteiger partial charge in [0, 0.05) is 12.2 Å². The molecule has 1 fully saturated rings. The molecular weight excluding hydrogens is 429 g/mol. The summed E-state index contributed by atoms with van der Waals surface area (Å²) in [5.74, 6) is -6.55. The van der Waals surface area contributed by atoms with Crippen LogP contribution in [0.2, 0.25) is 0 Å². The van der Waals surface area contributed by atoms with Gasteiger partial charge < -0.3 is 13.5 Å². The Morgan fingerprint density at radius 1 is 1.28 bits per heavy atom. The van der Waals surface area contributed by atoms with Crippen LogP contribution in [-0.2, 0) is 14.9 Å². The van der Waals surface area contributed by atoms with Gasteiger partial charge in [-0.15, -0.1) is 0 Å². The Morgan fingerprint density at radius 2 is 1.90 bits per heavy atom. The number of carbonyl (C=O) groups is 1. The smallest absolute Gasteiger partial charge is 0.462 e. The van der Waals surface area contributed by atoms with Crippen molar-refractivity contribution >= 4 is 27.0 Å². The Hall–Kier alpha value is -2.70. The van der Waals surface area contributed by atoms with E-state index >= 15 is 0 Å². The molecule has 1 aliphatic carbocycles. The lowest BCUT2D eigenvalue weighted by molar-refractivity contribution is -0.0500. The summed E-state index contributed by atoms with van der Waals surface area (Å²) < 4.78 is 98.7. The minimum Gasteiger partial charge on any atom is -0.462 e. The van der Waals surface area contributed by atoms with Gasteiger partial charge >= 0.3 is 21.6 Å². The number of rotatable bonds is 5. The second kappa shape index (κ2) is 6.97. The molecule has 1 heterocycles. The number of pyridine rings is 1. The number of benzene rings is 1. The van der Waals surface area contributed by atoms with Gasteiger partial charge in [-0.1, -0.05) is 0 Å². The summed E-state index contributed by atoms with van der Waals surface area (Å²) in [5.41, 5.74) is -8.38. The van der Waals surface area contributed by atoms with E-state index in [0.29, 0.717) is 18.9 Å². The van der Waals surface area contributed by atoms with Crippen LogP contribution in [0.1, 0.15) is 36.2 Å². The van der Waals surface area contributed by atoms with Crippen molar-refractivity contribution in [3.8, 4) is 5.75 Å². The predicted molar refractivity (Wildman–Crippen MR) is 88.0 cm³/mol. The van der Waals surface area contributed by atoms with Gasteiger partial charge in [0.25, 0.3) is 0 Å². The zero-order valence-corrected chi connectivity index (χ0v) is 15.4. The topological polar surface area (TPSA) is 91.7 Å². The summed E-state index contributed by atoms with van der Waals surface area (Å²) in [6, 6.07) is -0.131. The predicted octanol–water partition coefficient (Wildman–Crippen LogP) is 3.02. The van der Waals surface area contributed by atoms with Gasteiger partial charge in [0.05, 0.1) is 12.0 Å². The maximum absolute atomic E-state index is 14.3. The van der Waals surface area contributed by atoms with Gasteiger partial charge in [0.15, 0.2) is 5.82 Å². The van der Waals surface area contributed by atoms with Crippen LogP contribution in [0.3, 0.4) is 0 Å². The zero-order chi connectivity index (χ0) is 21.7. The van der Waals surface area contributed by atoms with E-state index in [1.165, 1.54) is 6.92 Å². The highest BCUT2D eigenvalue weighted by molar-refractivity contribution is 7.88. The summed E-state index contributed by atoms with van der Waals surface area (Å²) in [4.78, 5) is 24.6. The molecule has 0 saturated heterocycles. The number of halogens is 5. The van der Waals surface area contributed by atoms with Crippen LogP contribution < -0.4 is 9.61 Å². The van der Waals surface area contributed by atoms with Crippen molar-refractivity contribution in [3.63, 3.8) is 0 Å². The average Bonchev–Trinajstić information content (AvgIpc) is 3.44. The Balaban J connectivity index is 2.38. The van der Waals surface area contributed by atoms with E-state index in [9.17, 15) is 40.0 Å². The summed E-state index contributed by atoms with van der Waals surface area (Å²) in [5, 5.41) is -0.728. The maximum Gasteiger partial charge on any atom is 0.534 e. The molecule has 0 N–H and O–H groups in total. The molecule has 13 heteroatoms. The fraction of sp³-hybridized carbons (Fsp3) is 0.375. The largest absolute Gasteiger partial charge is 0.534 e. The van der Waals surface area contributed by atoms with E-state index < -0.39 is 66.9 Å². The molecule has 1 aromatic heterocycles. The number of alkyl halides is 3. The number of aromatic nitrogens is 1. The first-order valence-corrected chi connectivity index (χ1v) is 9.54. The number of hydrogen-bond donors (Lipinski definition) is 0. The molecule has 0 atom stereocenters. The first-order chi connectivity index (χ1) is 13.4. The van der Waals surface area contributed by atoms with E-state index in [4.69, 9.17) is 4.74 Å². The van der Waals surface area contributed by atoms with E-state index in [0.717, 1.165) is 10.8 Å². The normalized spacial score (nSPS) is 14.8. The number of carbonyl (C=O) groups excluding carboxylic acids is 1. The molecule has 0 amide bonds. The fourth-order valence-corrected chi connectivity index (χ4v) is 3.12. The van der Waals surface area contributed by atoms with Crippen LogP contribution >= 0.6 is 0 Å². The molecule has 2 aromatic rings. The summed E-state index contributed by atoms with van der Waals surface area (Å²) in [7, 11) is -6.37. The highest BCUT2D eigenvalue weighted by Crippen LogP contribution is 2.41. The second-order valence-electron chi connectivity index (χ2n) is 6.11. The van der Waals surface area contributed by atoms with Gasteiger partial charge in [-0.2, -0.15) is 26.0 Å². The minimum atomic E-state index is -6.37. The van der Waals surface area contributed by atoms with Crippen LogP contribution in [-0.4, -0.2) is 31.1 Å². The fourth-order valence-electron chi connectivity index (χ4n) is 2.66. The Kier molecular flexibility index (Phi) is 5.05. The molecule has 7 nitrogen and oxygen atoms in total. The van der Waals surface area contributed by atoms with Gasteiger partial charge in [0.1, 0.15) is 11.1 Å². The van der Waals surface area contributed by atoms with Crippen molar-refractivity contribution in [2.24, 2.45) is 0 Å². The third kappa shape index (κ3) is 3.66. The molecule has 1 aromatic carbocycles. The third-order valence-electron chi connectivity index (χ3n) is 4.08. The maximum atomic E-state index is 14.3. The van der Waals surface area contributed by atoms with Crippen molar-refractivity contribution in [2.45, 2.75) is 31.3 Å². The lowest BCUT2D eigenvalue weighted by atomic mass is 10.1. The molecule has 0 radical (unpaired) electrons. The monoisotopic (exact) mass is 441 g/mol. The van der Waals surface area contributed by atoms with Crippen LogP contribution in [0.4, 0.5) is 22.0 Å². The van der Waals surface area contributed by atoms with E-state index in [1.807, 2.05) is 0 Å². The number of esters is 1. The first-order valence-electron chi connectivity index (χ1n) is 8.13. The lowest BCUT2D eigenvalue weighted by Crippen LogP contribution is -2.29. The molecule has 3 rings (SSSR count). The lowest BCUT2D eigenvalue weighted by Gasteiger charge is -2.17. The van der Waals surface area contributed by atoms with E-state index in [-0.39, 0.29) is 6.61 Å². The molecule has 0 spiro atoms. The van der Waals surface area contributed by atoms with Gasteiger partial charge in [-0.05, 0) is 25.8 Å². The van der Waals surface area contributed by atoms with Crippen LogP contribution in [0.15, 0.2) is 17.1 Å². The van der Waals surface area contributed by atoms with Crippen molar-refractivity contribution in [1.82, 2.24) is 4.57 Å². The Morgan fingerprint density at radius 3 is 2.41 bits per heavy atom. The second-order valence-corrected chi connectivity index (χ2v) is 7.65. The molecule has 0 aliphatic heterocycles. The number of ether oxygens (including phenoxy) is 1. The number of hydrogen-bond acceptors (Lipinski definition) is 6. The van der Waals surface area contributed by atoms with Crippen molar-refractivity contribution in [1.29, 1.82) is 0 Å². The minimum absolute atomic E-state index is 0.101. The first kappa shape index (κ1) is 21.0. The van der Waals surface area contributed by atoms with E-state index in [1.54, 1.807) is 0 Å². The van der Waals surface area contributed by atoms with E-state index in [2.05, 4.69) is 4.18 Å². The third-order valence-corrected chi connectivity index (χ3v) is 5.03. The molecule has 1 saturated carbocycles. The van der Waals surface area contributed by atoms with Crippen LogP contribution in [0, 0.1) is 11.6 Å². The number of fused-ring (bicyclic) bond motifs is 1. The van der Waals surface area contributed by atoms with Crippen LogP contribution in [0.25, 0.3) is 10.9 Å². The van der Waals surface area contributed by atoms with Crippen molar-refractivity contribution in [2.75, 3.05) is 6.61 Å². The Bertz CT molecular complexity index is 1170. The van der Waals surface area contributed by atoms with Gasteiger partial charge in [-0.25, -0.2) is 9.18 Å². The molecule has 0 bridgehead atoms. The SMILES string of the molecule is CCOC(=O)c1cn(C2CC2)c2c(OS(=O)(=O)C(F)(F)F)c(F)c(F)cc2c1=O. The molecule has 1 aliphatic rings. The number of nitrogens with zero attached hydrogens (tertiary/aromatic N) is 1. The van der Waals surface area contributed by atoms with Gasteiger partial charge in [0.2, 0.25) is 17.0 Å². The zero-order valence-electron chi connectivity index (χ0n) is 14.5. The standard InChI is InChI=1S/C16H12F5NO6S/c1-2-27-15(24)9-6-22(7-3-4-7)12-8(13(9)23)5-10(17)11(18)14(12)28-29(25,26)16(19,20)21/h5-7H,2-4H2,1H3. The molecule has 29 heavy (non-hydrogen) atoms. The van der Waals surface area contributed by atoms with Gasteiger partial charge in [-0.3, -0.25) is 4.79 Å². The molecule has 0 unspecified atom stereocenters. The summed E-state index contributed by atoms with van der Waals surface area (Å²) in [6.45, 7) is 1.36. The highest BCUT2D eigenvalue weighted by Gasteiger charge is 2.49. The van der Waals surface area contributed by atoms with Crippen molar-refractivity contribution < 1.29 is 44.1 Å². The highest BCUT2D eigenvalue weighted by atomic mass is 32.2.